The molecule has 1 saturated heterocycles. The number of carbonyl (C=O) groups excluding carboxylic acids is 1. The van der Waals surface area contributed by atoms with E-state index >= 15 is 0 Å². The number of nitrogens with one attached hydrogen (secondary N) is 1. The van der Waals surface area contributed by atoms with Crippen molar-refractivity contribution in [2.75, 3.05) is 24.5 Å². The Morgan fingerprint density at radius 1 is 1.04 bits per heavy atom. The van der Waals surface area contributed by atoms with Crippen molar-refractivity contribution in [1.82, 2.24) is 15.5 Å². The average Bonchev–Trinajstić information content (AvgIpc) is 3.21. The average molecular weight is 426 g/mol. The first-order chi connectivity index (χ1) is 12.5. The summed E-state index contributed by atoms with van der Waals surface area (Å²) >= 11 is 0. The fourth-order valence-electron chi connectivity index (χ4n) is 3.10. The molecule has 0 aliphatic carbocycles. The minimum absolute atomic E-state index is 0. The molecular weight excluding hydrogens is 397 g/mol. The van der Waals surface area contributed by atoms with Crippen LogP contribution in [0.5, 0.6) is 0 Å². The summed E-state index contributed by atoms with van der Waals surface area (Å²) in [4.78, 5) is 14.5. The molecule has 2 aromatic rings. The molecule has 1 aromatic carbocycles. The fraction of sp³-hybridized carbons (Fsp3) is 0.450. The topological polar surface area (TPSA) is 84.1 Å². The molecule has 0 radical (unpaired) electrons. The number of nitrogens with zero attached hydrogens (tertiary/aromatic N) is 3. The number of rotatable bonds is 6. The highest BCUT2D eigenvalue weighted by Crippen LogP contribution is 2.18. The quantitative estimate of drug-likeness (QED) is 0.739. The van der Waals surface area contributed by atoms with E-state index in [-0.39, 0.29) is 36.8 Å². The lowest BCUT2D eigenvalue weighted by Crippen LogP contribution is -2.32. The van der Waals surface area contributed by atoms with E-state index in [2.05, 4.69) is 46.4 Å². The maximum atomic E-state index is 12.3. The van der Waals surface area contributed by atoms with E-state index in [0.29, 0.717) is 18.2 Å². The molecule has 0 bridgehead atoms. The largest absolute Gasteiger partial charge is 0.355 e. The van der Waals surface area contributed by atoms with Gasteiger partial charge in [-0.1, -0.05) is 38.1 Å². The zero-order valence-corrected chi connectivity index (χ0v) is 17.9. The van der Waals surface area contributed by atoms with Crippen LogP contribution in [0.15, 0.2) is 36.4 Å². The van der Waals surface area contributed by atoms with Gasteiger partial charge >= 0.3 is 0 Å². The van der Waals surface area contributed by atoms with Crippen molar-refractivity contribution in [1.29, 1.82) is 0 Å². The van der Waals surface area contributed by atoms with Crippen molar-refractivity contribution in [3.63, 3.8) is 0 Å². The number of halogens is 2. The van der Waals surface area contributed by atoms with Gasteiger partial charge in [0.2, 0.25) is 0 Å². The number of nitrogens with two attached hydrogens (primary N) is 1. The molecule has 1 atom stereocenters. The molecule has 1 amide bonds. The second-order valence-corrected chi connectivity index (χ2v) is 7.11. The van der Waals surface area contributed by atoms with Crippen LogP contribution in [0.4, 0.5) is 5.82 Å². The number of aromatic nitrogens is 2. The van der Waals surface area contributed by atoms with Gasteiger partial charge in [0.1, 0.15) is 0 Å². The summed E-state index contributed by atoms with van der Waals surface area (Å²) < 4.78 is 0. The molecule has 0 saturated carbocycles. The summed E-state index contributed by atoms with van der Waals surface area (Å²) in [6, 6.07) is 11.6. The highest BCUT2D eigenvalue weighted by molar-refractivity contribution is 5.92. The molecular formula is C20H29Cl2N5O. The molecule has 3 rings (SSSR count). The second kappa shape index (κ2) is 11.2. The molecule has 8 heteroatoms. The normalized spacial score (nSPS) is 14.2. The van der Waals surface area contributed by atoms with Gasteiger partial charge in [-0.15, -0.1) is 35.0 Å². The third kappa shape index (κ3) is 6.06. The van der Waals surface area contributed by atoms with Crippen LogP contribution >= 0.6 is 24.8 Å². The van der Waals surface area contributed by atoms with Crippen LogP contribution in [0.2, 0.25) is 0 Å². The third-order valence-electron chi connectivity index (χ3n) is 4.83. The number of amides is 1. The number of hydrogen-bond donors (Lipinski definition) is 2. The predicted molar refractivity (Wildman–Crippen MR) is 118 cm³/mol. The molecule has 1 unspecified atom stereocenters. The lowest BCUT2D eigenvalue weighted by atomic mass is 9.99. The Morgan fingerprint density at radius 3 is 2.18 bits per heavy atom. The van der Waals surface area contributed by atoms with E-state index < -0.39 is 0 Å². The van der Waals surface area contributed by atoms with Gasteiger partial charge in [0.05, 0.1) is 0 Å². The Bertz CT molecular complexity index is 731. The van der Waals surface area contributed by atoms with Crippen LogP contribution in [0.1, 0.15) is 60.3 Å². The first-order valence-electron chi connectivity index (χ1n) is 9.27. The van der Waals surface area contributed by atoms with Crippen molar-refractivity contribution in [2.45, 2.75) is 38.6 Å². The lowest BCUT2D eigenvalue weighted by Gasteiger charge is -2.16. The molecule has 1 fully saturated rings. The molecule has 1 aliphatic heterocycles. The highest BCUT2D eigenvalue weighted by atomic mass is 35.5. The monoisotopic (exact) mass is 425 g/mol. The number of hydrogen-bond acceptors (Lipinski definition) is 5. The standard InChI is InChI=1S/C20H27N5O.2ClH/c1-14(2)15-5-7-16(8-6-15)17(21)13-22-20(26)18-9-10-19(24-23-18)25-11-3-4-12-25;;/h5-10,14,17H,3-4,11-13,21H2,1-2H3,(H,22,26);2*1H. The summed E-state index contributed by atoms with van der Waals surface area (Å²) in [7, 11) is 0. The van der Waals surface area contributed by atoms with Crippen molar-refractivity contribution in [3.8, 4) is 0 Å². The molecule has 2 heterocycles. The first-order valence-corrected chi connectivity index (χ1v) is 9.27. The van der Waals surface area contributed by atoms with E-state index in [9.17, 15) is 4.79 Å². The Labute approximate surface area is 179 Å². The van der Waals surface area contributed by atoms with Crippen LogP contribution in [-0.4, -0.2) is 35.7 Å². The summed E-state index contributed by atoms with van der Waals surface area (Å²) in [5.41, 5.74) is 8.79. The Balaban J connectivity index is 0.00000196. The third-order valence-corrected chi connectivity index (χ3v) is 4.83. The van der Waals surface area contributed by atoms with Crippen LogP contribution in [0, 0.1) is 0 Å². The maximum absolute atomic E-state index is 12.3. The zero-order valence-electron chi connectivity index (χ0n) is 16.3. The van der Waals surface area contributed by atoms with Crippen molar-refractivity contribution < 1.29 is 4.79 Å². The van der Waals surface area contributed by atoms with Crippen LogP contribution in [-0.2, 0) is 0 Å². The summed E-state index contributed by atoms with van der Waals surface area (Å²) in [6.07, 6.45) is 2.36. The van der Waals surface area contributed by atoms with Gasteiger partial charge in [-0.2, -0.15) is 0 Å². The van der Waals surface area contributed by atoms with E-state index in [1.54, 1.807) is 6.07 Å². The lowest BCUT2D eigenvalue weighted by molar-refractivity contribution is 0.0945. The van der Waals surface area contributed by atoms with Crippen molar-refractivity contribution in [3.05, 3.63) is 53.2 Å². The van der Waals surface area contributed by atoms with Gasteiger partial charge in [-0.05, 0) is 42.0 Å². The van der Waals surface area contributed by atoms with Gasteiger partial charge in [-0.25, -0.2) is 0 Å². The van der Waals surface area contributed by atoms with Crippen LogP contribution in [0.3, 0.4) is 0 Å². The minimum Gasteiger partial charge on any atom is -0.355 e. The summed E-state index contributed by atoms with van der Waals surface area (Å²) in [6.45, 7) is 6.68. The molecule has 154 valence electrons. The molecule has 28 heavy (non-hydrogen) atoms. The molecule has 1 aromatic heterocycles. The first kappa shape index (κ1) is 24.1. The van der Waals surface area contributed by atoms with Gasteiger partial charge in [0.25, 0.3) is 5.91 Å². The molecule has 6 nitrogen and oxygen atoms in total. The van der Waals surface area contributed by atoms with E-state index in [1.165, 1.54) is 18.4 Å². The SMILES string of the molecule is CC(C)c1ccc(C(N)CNC(=O)c2ccc(N3CCCC3)nn2)cc1.Cl.Cl. The molecule has 0 spiro atoms. The number of anilines is 1. The smallest absolute Gasteiger partial charge is 0.271 e. The van der Waals surface area contributed by atoms with Crippen LogP contribution in [0.25, 0.3) is 0 Å². The predicted octanol–water partition coefficient (Wildman–Crippen LogP) is 3.47. The summed E-state index contributed by atoms with van der Waals surface area (Å²) in [5, 5.41) is 11.1. The summed E-state index contributed by atoms with van der Waals surface area (Å²) in [5.74, 6) is 1.07. The number of benzene rings is 1. The second-order valence-electron chi connectivity index (χ2n) is 7.11. The van der Waals surface area contributed by atoms with Gasteiger partial charge in [0, 0.05) is 25.7 Å². The maximum Gasteiger partial charge on any atom is 0.271 e. The Hall–Kier alpha value is -1.89. The van der Waals surface area contributed by atoms with Crippen molar-refractivity contribution >= 4 is 36.5 Å². The van der Waals surface area contributed by atoms with Crippen LogP contribution < -0.4 is 16.0 Å². The fourth-order valence-corrected chi connectivity index (χ4v) is 3.10. The van der Waals surface area contributed by atoms with E-state index in [4.69, 9.17) is 5.73 Å². The van der Waals surface area contributed by atoms with E-state index in [1.807, 2.05) is 18.2 Å². The number of carbonyl (C=O) groups is 1. The van der Waals surface area contributed by atoms with E-state index in [0.717, 1.165) is 24.5 Å². The highest BCUT2D eigenvalue weighted by Gasteiger charge is 2.16. The Kier molecular flexibility index (Phi) is 9.65. The zero-order chi connectivity index (χ0) is 18.5. The van der Waals surface area contributed by atoms with Crippen molar-refractivity contribution in [2.24, 2.45) is 5.73 Å². The van der Waals surface area contributed by atoms with Gasteiger partial charge in [-0.3, -0.25) is 4.79 Å². The minimum atomic E-state index is -0.253. The van der Waals surface area contributed by atoms with Gasteiger partial charge in [0.15, 0.2) is 11.5 Å². The van der Waals surface area contributed by atoms with Gasteiger partial charge < -0.3 is 16.0 Å². The molecule has 1 aliphatic rings. The Morgan fingerprint density at radius 2 is 1.64 bits per heavy atom. The molecule has 3 N–H and O–H groups in total.